The first kappa shape index (κ1) is 20.8. The quantitative estimate of drug-likeness (QED) is 0.346. The fraction of sp³-hybridized carbons (Fsp3) is 0.400. The second kappa shape index (κ2) is 9.97. The topological polar surface area (TPSA) is 110 Å². The van der Waals surface area contributed by atoms with Gasteiger partial charge >= 0.3 is 0 Å². The Morgan fingerprint density at radius 3 is 2.69 bits per heavy atom. The van der Waals surface area contributed by atoms with Crippen LogP contribution in [0.2, 0.25) is 0 Å². The van der Waals surface area contributed by atoms with Gasteiger partial charge in [-0.25, -0.2) is 13.1 Å². The summed E-state index contributed by atoms with van der Waals surface area (Å²) in [6, 6.07) is 6.50. The van der Waals surface area contributed by atoms with Gasteiger partial charge in [-0.3, -0.25) is 4.79 Å². The number of rotatable bonds is 10. The molecule has 2 rings (SSSR count). The molecule has 0 saturated carbocycles. The Hall–Kier alpha value is -1.53. The van der Waals surface area contributed by atoms with E-state index < -0.39 is 10.0 Å². The summed E-state index contributed by atoms with van der Waals surface area (Å²) >= 11 is 2.75. The van der Waals surface area contributed by atoms with Crippen LogP contribution in [0.25, 0.3) is 0 Å². The summed E-state index contributed by atoms with van der Waals surface area (Å²) < 4.78 is 32.4. The Balaban J connectivity index is 1.77. The molecule has 0 spiro atoms. The third kappa shape index (κ3) is 6.65. The Labute approximate surface area is 160 Å². The van der Waals surface area contributed by atoms with E-state index in [-0.39, 0.29) is 23.8 Å². The fourth-order valence-corrected chi connectivity index (χ4v) is 4.58. The number of carbonyl (C=O) groups is 1. The standard InChI is InChI=1S/C15H20N4O4S3/c1-11-3-5-12(6-4-11)26(21,22)16-8-7-13(20)17-14-18-19-15(25-14)24-10-9-23-2/h3-6,16H,7-10H2,1-2H3,(H,17,18,20). The number of methoxy groups -OCH3 is 1. The number of thioether (sulfide) groups is 1. The van der Waals surface area contributed by atoms with Gasteiger partial charge in [-0.1, -0.05) is 40.8 Å². The molecule has 26 heavy (non-hydrogen) atoms. The summed E-state index contributed by atoms with van der Waals surface area (Å²) in [4.78, 5) is 12.1. The van der Waals surface area contributed by atoms with Crippen LogP contribution < -0.4 is 10.0 Å². The van der Waals surface area contributed by atoms with Crippen LogP contribution >= 0.6 is 23.1 Å². The Morgan fingerprint density at radius 2 is 2.00 bits per heavy atom. The van der Waals surface area contributed by atoms with Crippen LogP contribution in [0.3, 0.4) is 0 Å². The van der Waals surface area contributed by atoms with E-state index >= 15 is 0 Å². The molecule has 0 radical (unpaired) electrons. The molecule has 0 aliphatic heterocycles. The second-order valence-corrected chi connectivity index (χ2v) is 9.31. The minimum atomic E-state index is -3.62. The van der Waals surface area contributed by atoms with Gasteiger partial charge in [0.1, 0.15) is 0 Å². The smallest absolute Gasteiger partial charge is 0.240 e. The van der Waals surface area contributed by atoms with Crippen molar-refractivity contribution in [1.82, 2.24) is 14.9 Å². The average molecular weight is 417 g/mol. The number of nitrogens with one attached hydrogen (secondary N) is 2. The third-order valence-electron chi connectivity index (χ3n) is 3.14. The lowest BCUT2D eigenvalue weighted by molar-refractivity contribution is -0.116. The second-order valence-electron chi connectivity index (χ2n) is 5.22. The highest BCUT2D eigenvalue weighted by Gasteiger charge is 2.14. The maximum atomic E-state index is 12.1. The molecule has 1 heterocycles. The van der Waals surface area contributed by atoms with E-state index in [0.717, 1.165) is 15.7 Å². The molecule has 0 aliphatic carbocycles. The molecule has 1 aromatic heterocycles. The highest BCUT2D eigenvalue weighted by atomic mass is 32.2. The molecule has 11 heteroatoms. The van der Waals surface area contributed by atoms with Crippen molar-refractivity contribution < 1.29 is 17.9 Å². The predicted octanol–water partition coefficient (Wildman–Crippen LogP) is 1.89. The molecule has 2 aromatic rings. The highest BCUT2D eigenvalue weighted by molar-refractivity contribution is 8.01. The lowest BCUT2D eigenvalue weighted by atomic mass is 10.2. The first-order valence-electron chi connectivity index (χ1n) is 7.72. The molecule has 0 bridgehead atoms. The van der Waals surface area contributed by atoms with E-state index in [1.807, 2.05) is 6.92 Å². The van der Waals surface area contributed by atoms with Crippen LogP contribution in [-0.2, 0) is 19.6 Å². The summed E-state index contributed by atoms with van der Waals surface area (Å²) in [7, 11) is -2.00. The fourth-order valence-electron chi connectivity index (χ4n) is 1.81. The van der Waals surface area contributed by atoms with Crippen molar-refractivity contribution in [2.45, 2.75) is 22.6 Å². The van der Waals surface area contributed by atoms with Crippen molar-refractivity contribution in [3.63, 3.8) is 0 Å². The molecule has 1 amide bonds. The van der Waals surface area contributed by atoms with Crippen molar-refractivity contribution in [1.29, 1.82) is 0 Å². The van der Waals surface area contributed by atoms with Crippen LogP contribution in [0.1, 0.15) is 12.0 Å². The van der Waals surface area contributed by atoms with Gasteiger partial charge in [0.25, 0.3) is 0 Å². The molecule has 1 aromatic carbocycles. The van der Waals surface area contributed by atoms with Gasteiger partial charge in [0.15, 0.2) is 4.34 Å². The van der Waals surface area contributed by atoms with E-state index in [1.54, 1.807) is 19.2 Å². The van der Waals surface area contributed by atoms with E-state index in [2.05, 4.69) is 20.2 Å². The van der Waals surface area contributed by atoms with Crippen LogP contribution in [0.5, 0.6) is 0 Å². The molecule has 0 saturated heterocycles. The number of amides is 1. The van der Waals surface area contributed by atoms with E-state index in [0.29, 0.717) is 11.7 Å². The molecule has 0 aliphatic rings. The number of hydrogen-bond donors (Lipinski definition) is 2. The molecule has 2 N–H and O–H groups in total. The Kier molecular flexibility index (Phi) is 7.97. The Morgan fingerprint density at radius 1 is 1.27 bits per heavy atom. The highest BCUT2D eigenvalue weighted by Crippen LogP contribution is 2.25. The van der Waals surface area contributed by atoms with Crippen LogP contribution in [0.4, 0.5) is 5.13 Å². The lowest BCUT2D eigenvalue weighted by Gasteiger charge is -2.06. The molecule has 0 unspecified atom stereocenters. The van der Waals surface area contributed by atoms with E-state index in [4.69, 9.17) is 4.74 Å². The van der Waals surface area contributed by atoms with Crippen molar-refractivity contribution in [2.24, 2.45) is 0 Å². The van der Waals surface area contributed by atoms with Gasteiger partial charge in [0.2, 0.25) is 21.1 Å². The van der Waals surface area contributed by atoms with E-state index in [1.165, 1.54) is 35.2 Å². The number of anilines is 1. The largest absolute Gasteiger partial charge is 0.384 e. The van der Waals surface area contributed by atoms with Crippen molar-refractivity contribution in [2.75, 3.05) is 31.3 Å². The normalized spacial score (nSPS) is 11.5. The van der Waals surface area contributed by atoms with Gasteiger partial charge in [-0.05, 0) is 19.1 Å². The molecule has 8 nitrogen and oxygen atoms in total. The number of ether oxygens (including phenoxy) is 1. The lowest BCUT2D eigenvalue weighted by Crippen LogP contribution is -2.27. The summed E-state index contributed by atoms with van der Waals surface area (Å²) in [6.07, 6.45) is -0.00315. The van der Waals surface area contributed by atoms with Gasteiger partial charge in [-0.2, -0.15) is 0 Å². The van der Waals surface area contributed by atoms with E-state index in [9.17, 15) is 13.2 Å². The zero-order valence-corrected chi connectivity index (χ0v) is 16.8. The van der Waals surface area contributed by atoms with Gasteiger partial charge in [-0.15, -0.1) is 10.2 Å². The van der Waals surface area contributed by atoms with Crippen LogP contribution in [0.15, 0.2) is 33.5 Å². The minimum Gasteiger partial charge on any atom is -0.384 e. The number of sulfonamides is 1. The zero-order chi connectivity index (χ0) is 19.0. The van der Waals surface area contributed by atoms with Gasteiger partial charge < -0.3 is 10.1 Å². The summed E-state index contributed by atoms with van der Waals surface area (Å²) in [5.41, 5.74) is 0.972. The number of hydrogen-bond acceptors (Lipinski definition) is 8. The van der Waals surface area contributed by atoms with Crippen LogP contribution in [0, 0.1) is 6.92 Å². The molecule has 0 atom stereocenters. The minimum absolute atomic E-state index is 0.00315. The molecular formula is C15H20N4O4S3. The number of nitrogens with zero attached hydrogens (tertiary/aromatic N) is 2. The number of aromatic nitrogens is 2. The average Bonchev–Trinajstić information content (AvgIpc) is 3.02. The van der Waals surface area contributed by atoms with Gasteiger partial charge in [0.05, 0.1) is 11.5 Å². The maximum absolute atomic E-state index is 12.1. The number of carbonyl (C=O) groups excluding carboxylic acids is 1. The van der Waals surface area contributed by atoms with Crippen molar-refractivity contribution in [3.8, 4) is 0 Å². The van der Waals surface area contributed by atoms with Crippen molar-refractivity contribution >= 4 is 44.2 Å². The van der Waals surface area contributed by atoms with Crippen LogP contribution in [-0.4, -0.2) is 50.5 Å². The first-order valence-corrected chi connectivity index (χ1v) is 11.0. The third-order valence-corrected chi connectivity index (χ3v) is 6.55. The maximum Gasteiger partial charge on any atom is 0.240 e. The zero-order valence-electron chi connectivity index (χ0n) is 14.4. The monoisotopic (exact) mass is 416 g/mol. The van der Waals surface area contributed by atoms with Gasteiger partial charge in [0, 0.05) is 25.8 Å². The molecular weight excluding hydrogens is 396 g/mol. The summed E-state index contributed by atoms with van der Waals surface area (Å²) in [5, 5.41) is 10.8. The first-order chi connectivity index (χ1) is 12.4. The van der Waals surface area contributed by atoms with Crippen molar-refractivity contribution in [3.05, 3.63) is 29.8 Å². The summed E-state index contributed by atoms with van der Waals surface area (Å²) in [5.74, 6) is 0.418. The molecule has 0 fully saturated rings. The number of aryl methyl sites for hydroxylation is 1. The predicted molar refractivity (Wildman–Crippen MR) is 102 cm³/mol. The number of benzene rings is 1. The summed E-state index contributed by atoms with van der Waals surface area (Å²) in [6.45, 7) is 2.48. The Bertz CT molecular complexity index is 822. The SMILES string of the molecule is COCCSc1nnc(NC(=O)CCNS(=O)(=O)c2ccc(C)cc2)s1. The molecule has 142 valence electrons.